The number of methoxy groups -OCH3 is 1. The number of esters is 1. The van der Waals surface area contributed by atoms with E-state index in [4.69, 9.17) is 15.2 Å². The maximum atomic E-state index is 12.1. The van der Waals surface area contributed by atoms with Gasteiger partial charge in [-0.3, -0.25) is 9.20 Å². The zero-order valence-corrected chi connectivity index (χ0v) is 17.2. The van der Waals surface area contributed by atoms with Crippen LogP contribution in [0.3, 0.4) is 0 Å². The Labute approximate surface area is 176 Å². The molecule has 4 rings (SSSR count). The molecular weight excluding hydrogens is 402 g/mol. The number of rotatable bonds is 6. The number of pyridine rings is 1. The Morgan fingerprint density at radius 2 is 1.93 bits per heavy atom. The van der Waals surface area contributed by atoms with Crippen molar-refractivity contribution in [2.75, 3.05) is 7.11 Å². The number of carbonyl (C=O) groups excluding carboxylic acids is 2. The molecule has 152 valence electrons. The van der Waals surface area contributed by atoms with E-state index >= 15 is 0 Å². The lowest BCUT2D eigenvalue weighted by Crippen LogP contribution is -2.14. The first-order valence-corrected chi connectivity index (χ1v) is 10.0. The zero-order chi connectivity index (χ0) is 21.3. The molecule has 1 atom stereocenters. The van der Waals surface area contributed by atoms with Gasteiger partial charge in [0.15, 0.2) is 0 Å². The number of imidazole rings is 1. The SMILES string of the molecule is COC(=O)c1ccccc1[C@@H](C)Oc1cc(-c2cnc3ccccn23)sc1C(N)=O. The number of benzene rings is 1. The number of hydrogen-bond acceptors (Lipinski definition) is 6. The van der Waals surface area contributed by atoms with Crippen LogP contribution in [0.1, 0.15) is 38.6 Å². The van der Waals surface area contributed by atoms with Crippen LogP contribution in [-0.4, -0.2) is 28.4 Å². The minimum Gasteiger partial charge on any atom is -0.484 e. The zero-order valence-electron chi connectivity index (χ0n) is 16.4. The molecule has 3 aromatic heterocycles. The smallest absolute Gasteiger partial charge is 0.338 e. The molecule has 0 bridgehead atoms. The molecule has 1 amide bonds. The van der Waals surface area contributed by atoms with Crippen LogP contribution in [0.15, 0.2) is 60.9 Å². The highest BCUT2D eigenvalue weighted by molar-refractivity contribution is 7.17. The predicted octanol–water partition coefficient (Wildman–Crippen LogP) is 4.09. The van der Waals surface area contributed by atoms with Crippen molar-refractivity contribution in [3.8, 4) is 16.3 Å². The van der Waals surface area contributed by atoms with Gasteiger partial charge >= 0.3 is 5.97 Å². The summed E-state index contributed by atoms with van der Waals surface area (Å²) in [7, 11) is 1.33. The second-order valence-corrected chi connectivity index (χ2v) is 7.63. The molecule has 4 aromatic rings. The number of amides is 1. The summed E-state index contributed by atoms with van der Waals surface area (Å²) in [5.41, 5.74) is 8.29. The van der Waals surface area contributed by atoms with Crippen LogP contribution in [-0.2, 0) is 4.74 Å². The van der Waals surface area contributed by atoms with Gasteiger partial charge < -0.3 is 15.2 Å². The van der Waals surface area contributed by atoms with Crippen molar-refractivity contribution in [3.63, 3.8) is 0 Å². The Kier molecular flexibility index (Phi) is 5.24. The topological polar surface area (TPSA) is 95.9 Å². The van der Waals surface area contributed by atoms with E-state index < -0.39 is 18.0 Å². The molecule has 0 radical (unpaired) electrons. The van der Waals surface area contributed by atoms with Crippen molar-refractivity contribution in [2.45, 2.75) is 13.0 Å². The van der Waals surface area contributed by atoms with Gasteiger partial charge in [0, 0.05) is 17.8 Å². The molecule has 0 aliphatic heterocycles. The van der Waals surface area contributed by atoms with E-state index in [-0.39, 0.29) is 0 Å². The van der Waals surface area contributed by atoms with Crippen molar-refractivity contribution in [1.29, 1.82) is 0 Å². The van der Waals surface area contributed by atoms with Crippen molar-refractivity contribution >= 4 is 28.9 Å². The molecular formula is C22H19N3O4S. The van der Waals surface area contributed by atoms with E-state index in [1.165, 1.54) is 18.4 Å². The second kappa shape index (κ2) is 8.00. The Morgan fingerprint density at radius 1 is 1.17 bits per heavy atom. The highest BCUT2D eigenvalue weighted by atomic mass is 32.1. The van der Waals surface area contributed by atoms with E-state index in [1.54, 1.807) is 37.4 Å². The summed E-state index contributed by atoms with van der Waals surface area (Å²) in [6.07, 6.45) is 3.13. The summed E-state index contributed by atoms with van der Waals surface area (Å²) >= 11 is 1.24. The quantitative estimate of drug-likeness (QED) is 0.473. The molecule has 0 aliphatic rings. The number of hydrogen-bond donors (Lipinski definition) is 1. The fraction of sp³-hybridized carbons (Fsp3) is 0.136. The van der Waals surface area contributed by atoms with Gasteiger partial charge in [-0.15, -0.1) is 11.3 Å². The highest BCUT2D eigenvalue weighted by Gasteiger charge is 2.23. The third-order valence-corrected chi connectivity index (χ3v) is 5.85. The lowest BCUT2D eigenvalue weighted by Gasteiger charge is -2.17. The van der Waals surface area contributed by atoms with E-state index in [9.17, 15) is 9.59 Å². The van der Waals surface area contributed by atoms with Crippen molar-refractivity contribution in [3.05, 3.63) is 76.9 Å². The third-order valence-electron chi connectivity index (χ3n) is 4.70. The first-order valence-electron chi connectivity index (χ1n) is 9.19. The normalized spacial score (nSPS) is 11.9. The van der Waals surface area contributed by atoms with Crippen LogP contribution in [0, 0.1) is 0 Å². The summed E-state index contributed by atoms with van der Waals surface area (Å²) in [5.74, 6) is -0.669. The number of thiophene rings is 1. The number of fused-ring (bicyclic) bond motifs is 1. The van der Waals surface area contributed by atoms with Gasteiger partial charge in [-0.25, -0.2) is 9.78 Å². The van der Waals surface area contributed by atoms with E-state index in [0.717, 1.165) is 16.2 Å². The van der Waals surface area contributed by atoms with Crippen LogP contribution in [0.4, 0.5) is 0 Å². The average molecular weight is 421 g/mol. The van der Waals surface area contributed by atoms with Crippen LogP contribution in [0.2, 0.25) is 0 Å². The van der Waals surface area contributed by atoms with Crippen molar-refractivity contribution in [1.82, 2.24) is 9.38 Å². The first kappa shape index (κ1) is 19.7. The molecule has 0 aliphatic carbocycles. The van der Waals surface area contributed by atoms with E-state index in [0.29, 0.717) is 21.8 Å². The largest absolute Gasteiger partial charge is 0.484 e. The minimum atomic E-state index is -0.580. The van der Waals surface area contributed by atoms with Gasteiger partial charge in [-0.1, -0.05) is 24.3 Å². The minimum absolute atomic E-state index is 0.304. The van der Waals surface area contributed by atoms with Gasteiger partial charge in [0.05, 0.1) is 29.4 Å². The Balaban J connectivity index is 1.72. The fourth-order valence-corrected chi connectivity index (χ4v) is 4.23. The highest BCUT2D eigenvalue weighted by Crippen LogP contribution is 2.38. The first-order chi connectivity index (χ1) is 14.5. The van der Waals surface area contributed by atoms with Crippen molar-refractivity contribution < 1.29 is 19.1 Å². The summed E-state index contributed by atoms with van der Waals surface area (Å²) in [4.78, 5) is 29.6. The standard InChI is InChI=1S/C22H19N3O4S/c1-13(14-7-3-4-8-15(14)22(27)28-2)29-17-11-18(30-20(17)21(23)26)16-12-24-19-9-5-6-10-25(16)19/h3-13H,1-2H3,(H2,23,26)/t13-/m1/s1. The number of ether oxygens (including phenoxy) is 2. The predicted molar refractivity (Wildman–Crippen MR) is 114 cm³/mol. The molecule has 3 heterocycles. The Bertz CT molecular complexity index is 1240. The lowest BCUT2D eigenvalue weighted by atomic mass is 10.0. The Hall–Kier alpha value is -3.65. The molecule has 0 saturated carbocycles. The van der Waals surface area contributed by atoms with Gasteiger partial charge in [0.25, 0.3) is 5.91 Å². The Morgan fingerprint density at radius 3 is 2.70 bits per heavy atom. The van der Waals surface area contributed by atoms with Crippen LogP contribution < -0.4 is 10.5 Å². The summed E-state index contributed by atoms with van der Waals surface area (Å²) in [6.45, 7) is 1.80. The van der Waals surface area contributed by atoms with Crippen molar-refractivity contribution in [2.24, 2.45) is 5.73 Å². The number of carbonyl (C=O) groups is 2. The molecule has 8 heteroatoms. The number of nitrogens with zero attached hydrogens (tertiary/aromatic N) is 2. The van der Waals surface area contributed by atoms with Gasteiger partial charge in [0.2, 0.25) is 0 Å². The lowest BCUT2D eigenvalue weighted by molar-refractivity contribution is 0.0595. The molecule has 2 N–H and O–H groups in total. The van der Waals surface area contributed by atoms with Gasteiger partial charge in [0.1, 0.15) is 22.4 Å². The average Bonchev–Trinajstić information content (AvgIpc) is 3.37. The van der Waals surface area contributed by atoms with Crippen LogP contribution in [0.5, 0.6) is 5.75 Å². The second-order valence-electron chi connectivity index (χ2n) is 6.58. The molecule has 0 saturated heterocycles. The summed E-state index contributed by atoms with van der Waals surface area (Å²) < 4.78 is 12.9. The summed E-state index contributed by atoms with van der Waals surface area (Å²) in [6, 6.07) is 14.5. The number of aromatic nitrogens is 2. The number of primary amides is 1. The monoisotopic (exact) mass is 421 g/mol. The molecule has 0 unspecified atom stereocenters. The molecule has 30 heavy (non-hydrogen) atoms. The maximum absolute atomic E-state index is 12.1. The molecule has 1 aromatic carbocycles. The van der Waals surface area contributed by atoms with E-state index in [1.807, 2.05) is 34.9 Å². The fourth-order valence-electron chi connectivity index (χ4n) is 3.28. The van der Waals surface area contributed by atoms with Gasteiger partial charge in [-0.2, -0.15) is 0 Å². The van der Waals surface area contributed by atoms with Gasteiger partial charge in [-0.05, 0) is 25.1 Å². The number of nitrogens with two attached hydrogens (primary N) is 1. The molecule has 7 nitrogen and oxygen atoms in total. The van der Waals surface area contributed by atoms with Crippen LogP contribution >= 0.6 is 11.3 Å². The third kappa shape index (κ3) is 3.53. The van der Waals surface area contributed by atoms with E-state index in [2.05, 4.69) is 4.98 Å². The maximum Gasteiger partial charge on any atom is 0.338 e. The molecule has 0 fully saturated rings. The summed E-state index contributed by atoms with van der Waals surface area (Å²) in [5, 5.41) is 0. The van der Waals surface area contributed by atoms with Crippen LogP contribution in [0.25, 0.3) is 16.2 Å². The molecule has 0 spiro atoms.